The summed E-state index contributed by atoms with van der Waals surface area (Å²) < 4.78 is 26.5. The molecule has 1 fully saturated rings. The van der Waals surface area contributed by atoms with Crippen LogP contribution in [0.15, 0.2) is 27.1 Å². The molecule has 0 amide bonds. The van der Waals surface area contributed by atoms with E-state index in [9.17, 15) is 8.42 Å². The van der Waals surface area contributed by atoms with Crippen molar-refractivity contribution in [2.24, 2.45) is 0 Å². The molecule has 0 aromatic heterocycles. The van der Waals surface area contributed by atoms with E-state index in [0.717, 1.165) is 33.8 Å². The Balaban J connectivity index is 2.41. The van der Waals surface area contributed by atoms with Gasteiger partial charge in [0.1, 0.15) is 0 Å². The molecular weight excluding hydrogens is 394 g/mol. The molecule has 19 heavy (non-hydrogen) atoms. The maximum Gasteiger partial charge on any atom is 0.155 e. The second kappa shape index (κ2) is 6.24. The zero-order chi connectivity index (χ0) is 14.0. The minimum atomic E-state index is -3.01. The van der Waals surface area contributed by atoms with Crippen LogP contribution in [0.5, 0.6) is 0 Å². The van der Waals surface area contributed by atoms with E-state index in [2.05, 4.69) is 37.2 Å². The first kappa shape index (κ1) is 15.5. The molecule has 1 aliphatic rings. The van der Waals surface area contributed by atoms with Gasteiger partial charge in [0, 0.05) is 15.0 Å². The van der Waals surface area contributed by atoms with Crippen molar-refractivity contribution >= 4 is 41.7 Å². The number of rotatable bonds is 3. The molecule has 1 aliphatic heterocycles. The molecule has 1 heterocycles. The summed E-state index contributed by atoms with van der Waals surface area (Å²) in [5, 5.41) is 2.85. The molecule has 0 aliphatic carbocycles. The van der Waals surface area contributed by atoms with Crippen LogP contribution in [0, 0.1) is 0 Å². The molecule has 1 N–H and O–H groups in total. The van der Waals surface area contributed by atoms with Crippen molar-refractivity contribution in [1.29, 1.82) is 0 Å². The summed E-state index contributed by atoms with van der Waals surface area (Å²) in [6, 6.07) is 5.70. The van der Waals surface area contributed by atoms with E-state index in [1.54, 1.807) is 0 Å². The third-order valence-corrected chi connectivity index (χ3v) is 7.11. The summed E-state index contributed by atoms with van der Waals surface area (Å²) in [4.78, 5) is 0. The van der Waals surface area contributed by atoms with E-state index in [-0.39, 0.29) is 11.3 Å². The lowest BCUT2D eigenvalue weighted by Gasteiger charge is -2.30. The van der Waals surface area contributed by atoms with Crippen LogP contribution in [-0.2, 0) is 9.84 Å². The topological polar surface area (TPSA) is 46.2 Å². The molecule has 1 aromatic rings. The number of benzene rings is 1. The molecule has 0 saturated carbocycles. The van der Waals surface area contributed by atoms with Gasteiger partial charge in [-0.05, 0) is 43.7 Å². The van der Waals surface area contributed by atoms with Crippen molar-refractivity contribution in [2.45, 2.75) is 30.6 Å². The summed E-state index contributed by atoms with van der Waals surface area (Å²) in [7, 11) is -1.19. The highest BCUT2D eigenvalue weighted by Crippen LogP contribution is 2.35. The Morgan fingerprint density at radius 3 is 2.68 bits per heavy atom. The standard InChI is InChI=1S/C13H17Br2NO2S/c1-16-13(10-8-9(14)5-6-11(10)15)12-4-2-3-7-19(12,17)18/h5-6,8,12-13,16H,2-4,7H2,1H3. The second-order valence-corrected chi connectivity index (χ2v) is 8.94. The maximum absolute atomic E-state index is 12.3. The smallest absolute Gasteiger partial charge is 0.155 e. The minimum Gasteiger partial charge on any atom is -0.312 e. The molecule has 1 aromatic carbocycles. The minimum absolute atomic E-state index is 0.169. The van der Waals surface area contributed by atoms with Crippen LogP contribution in [0.25, 0.3) is 0 Å². The predicted octanol–water partition coefficient (Wildman–Crippen LogP) is 3.44. The fourth-order valence-corrected chi connectivity index (χ4v) is 5.65. The fourth-order valence-electron chi connectivity index (χ4n) is 2.65. The van der Waals surface area contributed by atoms with E-state index >= 15 is 0 Å². The first-order valence-corrected chi connectivity index (χ1v) is 9.59. The summed E-state index contributed by atoms with van der Waals surface area (Å²) in [5.41, 5.74) is 0.993. The first-order valence-electron chi connectivity index (χ1n) is 6.29. The summed E-state index contributed by atoms with van der Waals surface area (Å²) in [6.45, 7) is 0. The van der Waals surface area contributed by atoms with Crippen LogP contribution in [0.4, 0.5) is 0 Å². The third-order valence-electron chi connectivity index (χ3n) is 3.60. The molecule has 0 spiro atoms. The van der Waals surface area contributed by atoms with Gasteiger partial charge in [0.25, 0.3) is 0 Å². The van der Waals surface area contributed by atoms with Gasteiger partial charge in [-0.3, -0.25) is 0 Å². The maximum atomic E-state index is 12.3. The number of hydrogen-bond acceptors (Lipinski definition) is 3. The van der Waals surface area contributed by atoms with Crippen LogP contribution in [0.3, 0.4) is 0 Å². The molecular formula is C13H17Br2NO2S. The largest absolute Gasteiger partial charge is 0.312 e. The molecule has 0 radical (unpaired) electrons. The van der Waals surface area contributed by atoms with Crippen molar-refractivity contribution < 1.29 is 8.42 Å². The Labute approximate surface area is 131 Å². The first-order chi connectivity index (χ1) is 8.95. The average molecular weight is 411 g/mol. The Bertz CT molecular complexity index is 560. The van der Waals surface area contributed by atoms with Crippen LogP contribution < -0.4 is 5.32 Å². The second-order valence-electron chi connectivity index (χ2n) is 4.83. The van der Waals surface area contributed by atoms with Crippen molar-refractivity contribution in [3.05, 3.63) is 32.7 Å². The summed E-state index contributed by atoms with van der Waals surface area (Å²) in [6.07, 6.45) is 2.50. The van der Waals surface area contributed by atoms with Crippen molar-refractivity contribution in [3.8, 4) is 0 Å². The molecule has 0 bridgehead atoms. The van der Waals surface area contributed by atoms with Crippen LogP contribution in [0.1, 0.15) is 30.9 Å². The number of sulfone groups is 1. The van der Waals surface area contributed by atoms with Crippen molar-refractivity contribution in [1.82, 2.24) is 5.32 Å². The van der Waals surface area contributed by atoms with Gasteiger partial charge in [-0.1, -0.05) is 38.3 Å². The van der Waals surface area contributed by atoms with E-state index in [0.29, 0.717) is 5.75 Å². The lowest BCUT2D eigenvalue weighted by atomic mass is 9.99. The number of halogens is 2. The molecule has 2 atom stereocenters. The van der Waals surface area contributed by atoms with Crippen molar-refractivity contribution in [2.75, 3.05) is 12.8 Å². The van der Waals surface area contributed by atoms with E-state index in [1.807, 2.05) is 25.2 Å². The van der Waals surface area contributed by atoms with Crippen LogP contribution >= 0.6 is 31.9 Å². The predicted molar refractivity (Wildman–Crippen MR) is 85.1 cm³/mol. The molecule has 6 heteroatoms. The quantitative estimate of drug-likeness (QED) is 0.829. The van der Waals surface area contributed by atoms with Crippen LogP contribution in [-0.4, -0.2) is 26.5 Å². The van der Waals surface area contributed by atoms with Gasteiger partial charge >= 0.3 is 0 Å². The van der Waals surface area contributed by atoms with Gasteiger partial charge in [0.15, 0.2) is 9.84 Å². The van der Waals surface area contributed by atoms with E-state index in [4.69, 9.17) is 0 Å². The van der Waals surface area contributed by atoms with Crippen molar-refractivity contribution in [3.63, 3.8) is 0 Å². The molecule has 2 rings (SSSR count). The van der Waals surface area contributed by atoms with E-state index in [1.165, 1.54) is 0 Å². The Morgan fingerprint density at radius 2 is 2.05 bits per heavy atom. The Kier molecular flexibility index (Phi) is 5.09. The third kappa shape index (κ3) is 3.40. The fraction of sp³-hybridized carbons (Fsp3) is 0.538. The summed E-state index contributed by atoms with van der Waals surface area (Å²) in [5.74, 6) is 0.307. The van der Waals surface area contributed by atoms with Gasteiger partial charge < -0.3 is 5.32 Å². The van der Waals surface area contributed by atoms with Gasteiger partial charge in [-0.25, -0.2) is 8.42 Å². The zero-order valence-corrected chi connectivity index (χ0v) is 14.7. The highest BCUT2D eigenvalue weighted by molar-refractivity contribution is 9.11. The lowest BCUT2D eigenvalue weighted by Crippen LogP contribution is -2.39. The molecule has 3 nitrogen and oxygen atoms in total. The molecule has 1 saturated heterocycles. The SMILES string of the molecule is CNC(c1cc(Br)ccc1Br)C1CCCCS1(=O)=O. The average Bonchev–Trinajstić information content (AvgIpc) is 2.36. The highest BCUT2D eigenvalue weighted by atomic mass is 79.9. The normalized spacial score (nSPS) is 24.1. The Morgan fingerprint density at radius 1 is 1.32 bits per heavy atom. The van der Waals surface area contributed by atoms with Crippen LogP contribution in [0.2, 0.25) is 0 Å². The lowest BCUT2D eigenvalue weighted by molar-refractivity contribution is 0.468. The van der Waals surface area contributed by atoms with Gasteiger partial charge in [-0.15, -0.1) is 0 Å². The number of nitrogens with one attached hydrogen (secondary N) is 1. The van der Waals surface area contributed by atoms with E-state index < -0.39 is 9.84 Å². The van der Waals surface area contributed by atoms with Gasteiger partial charge in [0.05, 0.1) is 11.0 Å². The monoisotopic (exact) mass is 409 g/mol. The Hall–Kier alpha value is 0.0900. The zero-order valence-electron chi connectivity index (χ0n) is 10.7. The van der Waals surface area contributed by atoms with Gasteiger partial charge in [-0.2, -0.15) is 0 Å². The highest BCUT2D eigenvalue weighted by Gasteiger charge is 2.36. The molecule has 2 unspecified atom stereocenters. The molecule has 106 valence electrons. The number of hydrogen-bond donors (Lipinski definition) is 1. The summed E-state index contributed by atoms with van der Waals surface area (Å²) >= 11 is 6.97. The van der Waals surface area contributed by atoms with Gasteiger partial charge in [0.2, 0.25) is 0 Å².